The van der Waals surface area contributed by atoms with E-state index >= 15 is 0 Å². The molecule has 0 aliphatic carbocycles. The third kappa shape index (κ3) is 2.22. The summed E-state index contributed by atoms with van der Waals surface area (Å²) in [4.78, 5) is 16.7. The number of hydrogen-bond donors (Lipinski definition) is 1. The molecule has 0 aliphatic rings. The topological polar surface area (TPSA) is 104 Å². The lowest BCUT2D eigenvalue weighted by Gasteiger charge is -2.07. The van der Waals surface area contributed by atoms with Crippen molar-refractivity contribution >= 4 is 38.9 Å². The van der Waals surface area contributed by atoms with Crippen molar-refractivity contribution in [3.8, 4) is 12.1 Å². The smallest absolute Gasteiger partial charge is 0.205 e. The van der Waals surface area contributed by atoms with Crippen LogP contribution in [0.25, 0.3) is 0 Å². The van der Waals surface area contributed by atoms with Gasteiger partial charge >= 0.3 is 0 Å². The molecule has 2 aromatic rings. The summed E-state index contributed by atoms with van der Waals surface area (Å²) in [5, 5.41) is 20.0. The highest BCUT2D eigenvalue weighted by atomic mass is 79.9. The quantitative estimate of drug-likeness (QED) is 0.671. The van der Waals surface area contributed by atoms with E-state index in [-0.39, 0.29) is 27.1 Å². The second kappa shape index (κ2) is 5.19. The van der Waals surface area contributed by atoms with E-state index in [1.807, 2.05) is 12.1 Å². The maximum atomic E-state index is 12.4. The van der Waals surface area contributed by atoms with E-state index in [0.29, 0.717) is 4.88 Å². The molecule has 2 aromatic heterocycles. The molecule has 2 N–H and O–H groups in total. The average Bonchev–Trinajstić information content (AvgIpc) is 2.91. The fourth-order valence-electron chi connectivity index (χ4n) is 1.55. The summed E-state index contributed by atoms with van der Waals surface area (Å²) in [6.45, 7) is 0. The van der Waals surface area contributed by atoms with Crippen LogP contribution in [-0.4, -0.2) is 10.8 Å². The number of halogens is 1. The Labute approximate surface area is 121 Å². The maximum Gasteiger partial charge on any atom is 0.205 e. The normalized spacial score (nSPS) is 9.63. The van der Waals surface area contributed by atoms with Crippen LogP contribution in [0.2, 0.25) is 0 Å². The summed E-state index contributed by atoms with van der Waals surface area (Å²) in [5.74, 6) is -0.480. The first kappa shape index (κ1) is 13.2. The van der Waals surface area contributed by atoms with Crippen LogP contribution < -0.4 is 5.73 Å². The predicted octanol–water partition coefficient (Wildman–Crippen LogP) is 2.46. The van der Waals surface area contributed by atoms with Gasteiger partial charge < -0.3 is 5.73 Å². The number of hydrogen-bond acceptors (Lipinski definition) is 6. The number of nitrogens with two attached hydrogens (primary N) is 1. The lowest BCUT2D eigenvalue weighted by atomic mass is 10.00. The number of nitriles is 2. The van der Waals surface area contributed by atoms with E-state index in [4.69, 9.17) is 16.3 Å². The molecule has 0 unspecified atom stereocenters. The van der Waals surface area contributed by atoms with Crippen molar-refractivity contribution in [2.45, 2.75) is 0 Å². The van der Waals surface area contributed by atoms with Crippen LogP contribution in [0, 0.1) is 22.7 Å². The zero-order valence-electron chi connectivity index (χ0n) is 9.35. The Morgan fingerprint density at radius 3 is 2.58 bits per heavy atom. The molecule has 0 aromatic carbocycles. The average molecular weight is 333 g/mol. The highest BCUT2D eigenvalue weighted by Gasteiger charge is 2.24. The number of anilines is 1. The number of ketones is 1. The van der Waals surface area contributed by atoms with Gasteiger partial charge in [0.15, 0.2) is 0 Å². The van der Waals surface area contributed by atoms with Gasteiger partial charge in [-0.15, -0.1) is 11.3 Å². The Kier molecular flexibility index (Phi) is 3.61. The fraction of sp³-hybridized carbons (Fsp3) is 0. The molecule has 2 rings (SSSR count). The van der Waals surface area contributed by atoms with Crippen molar-refractivity contribution in [1.82, 2.24) is 4.98 Å². The summed E-state index contributed by atoms with van der Waals surface area (Å²) in [6.07, 6.45) is 0. The summed E-state index contributed by atoms with van der Waals surface area (Å²) >= 11 is 4.31. The van der Waals surface area contributed by atoms with Gasteiger partial charge in [0.2, 0.25) is 5.78 Å². The van der Waals surface area contributed by atoms with E-state index in [9.17, 15) is 4.79 Å². The van der Waals surface area contributed by atoms with Gasteiger partial charge in [0.1, 0.15) is 28.1 Å². The van der Waals surface area contributed by atoms with Gasteiger partial charge in [-0.05, 0) is 27.4 Å². The Morgan fingerprint density at radius 2 is 2.05 bits per heavy atom. The molecule has 0 saturated heterocycles. The highest BCUT2D eigenvalue weighted by Crippen LogP contribution is 2.28. The van der Waals surface area contributed by atoms with Gasteiger partial charge in [-0.1, -0.05) is 6.07 Å². The van der Waals surface area contributed by atoms with Crippen molar-refractivity contribution in [3.63, 3.8) is 0 Å². The van der Waals surface area contributed by atoms with Crippen LogP contribution in [0.5, 0.6) is 0 Å². The lowest BCUT2D eigenvalue weighted by Crippen LogP contribution is -2.10. The first-order valence-electron chi connectivity index (χ1n) is 4.97. The Morgan fingerprint density at radius 1 is 1.37 bits per heavy atom. The molecule has 19 heavy (non-hydrogen) atoms. The molecule has 0 aliphatic heterocycles. The van der Waals surface area contributed by atoms with E-state index in [0.717, 1.165) is 0 Å². The van der Waals surface area contributed by atoms with Crippen LogP contribution in [0.4, 0.5) is 5.82 Å². The molecule has 0 bridgehead atoms. The fourth-order valence-corrected chi connectivity index (χ4v) is 2.69. The van der Waals surface area contributed by atoms with Crippen LogP contribution >= 0.6 is 27.3 Å². The number of nitrogens with zero attached hydrogens (tertiary/aromatic N) is 3. The maximum absolute atomic E-state index is 12.4. The molecule has 92 valence electrons. The van der Waals surface area contributed by atoms with Crippen LogP contribution in [0.1, 0.15) is 26.4 Å². The molecular weight excluding hydrogens is 328 g/mol. The first-order chi connectivity index (χ1) is 9.10. The van der Waals surface area contributed by atoms with Gasteiger partial charge in [0.05, 0.1) is 16.0 Å². The molecular formula is C12H5BrN4OS. The standard InChI is InChI=1S/C12H5BrN4OS/c13-11-6(4-14)9(7(5-15)12(16)17-11)10(18)8-2-1-3-19-8/h1-3H,(H2,16,17). The lowest BCUT2D eigenvalue weighted by molar-refractivity contribution is 0.104. The molecule has 0 radical (unpaired) electrons. The molecule has 0 spiro atoms. The summed E-state index contributed by atoms with van der Waals surface area (Å²) in [5.41, 5.74) is 5.56. The third-order valence-electron chi connectivity index (χ3n) is 2.38. The van der Waals surface area contributed by atoms with Crippen LogP contribution in [0.15, 0.2) is 22.1 Å². The molecule has 7 heteroatoms. The number of rotatable bonds is 2. The number of pyridine rings is 1. The second-order valence-electron chi connectivity index (χ2n) is 3.44. The Bertz CT molecular complexity index is 702. The monoisotopic (exact) mass is 332 g/mol. The van der Waals surface area contributed by atoms with E-state index < -0.39 is 5.78 Å². The first-order valence-corrected chi connectivity index (χ1v) is 6.64. The van der Waals surface area contributed by atoms with E-state index in [1.54, 1.807) is 17.5 Å². The largest absolute Gasteiger partial charge is 0.383 e. The Balaban J connectivity index is 2.79. The van der Waals surface area contributed by atoms with Crippen molar-refractivity contribution in [3.05, 3.63) is 43.7 Å². The molecule has 0 atom stereocenters. The van der Waals surface area contributed by atoms with Crippen molar-refractivity contribution < 1.29 is 4.79 Å². The third-order valence-corrected chi connectivity index (χ3v) is 3.82. The van der Waals surface area contributed by atoms with Crippen LogP contribution in [0.3, 0.4) is 0 Å². The molecule has 2 heterocycles. The minimum absolute atomic E-state index is 0.00757. The molecule has 0 fully saturated rings. The Hall–Kier alpha value is -2.22. The van der Waals surface area contributed by atoms with Gasteiger partial charge in [0.25, 0.3) is 0 Å². The molecule has 5 nitrogen and oxygen atoms in total. The number of carbonyl (C=O) groups is 1. The second-order valence-corrected chi connectivity index (χ2v) is 5.14. The predicted molar refractivity (Wildman–Crippen MR) is 73.5 cm³/mol. The molecule has 0 saturated carbocycles. The number of carbonyl (C=O) groups excluding carboxylic acids is 1. The van der Waals surface area contributed by atoms with Crippen molar-refractivity contribution in [2.24, 2.45) is 0 Å². The zero-order chi connectivity index (χ0) is 14.0. The minimum atomic E-state index is -0.405. The van der Waals surface area contributed by atoms with Gasteiger partial charge in [-0.25, -0.2) is 4.98 Å². The highest BCUT2D eigenvalue weighted by molar-refractivity contribution is 9.10. The summed E-state index contributed by atoms with van der Waals surface area (Å²) < 4.78 is 0.159. The zero-order valence-corrected chi connectivity index (χ0v) is 11.7. The number of thiophene rings is 1. The summed E-state index contributed by atoms with van der Waals surface area (Å²) in [6, 6.07) is 7.05. The number of nitrogen functional groups attached to an aromatic ring is 1. The SMILES string of the molecule is N#Cc1c(N)nc(Br)c(C#N)c1C(=O)c1cccs1. The number of aromatic nitrogens is 1. The van der Waals surface area contributed by atoms with Crippen molar-refractivity contribution in [2.75, 3.05) is 5.73 Å². The van der Waals surface area contributed by atoms with Crippen LogP contribution in [-0.2, 0) is 0 Å². The van der Waals surface area contributed by atoms with E-state index in [2.05, 4.69) is 20.9 Å². The van der Waals surface area contributed by atoms with Crippen molar-refractivity contribution in [1.29, 1.82) is 10.5 Å². The van der Waals surface area contributed by atoms with Gasteiger partial charge in [-0.3, -0.25) is 4.79 Å². The summed E-state index contributed by atoms with van der Waals surface area (Å²) in [7, 11) is 0. The van der Waals surface area contributed by atoms with Gasteiger partial charge in [-0.2, -0.15) is 10.5 Å². The van der Waals surface area contributed by atoms with E-state index in [1.165, 1.54) is 11.3 Å². The minimum Gasteiger partial charge on any atom is -0.383 e. The molecule has 0 amide bonds. The van der Waals surface area contributed by atoms with Gasteiger partial charge in [0, 0.05) is 0 Å².